The minimum Gasteiger partial charge on any atom is -0.396 e. The first-order valence-corrected chi connectivity index (χ1v) is 7.71. The lowest BCUT2D eigenvalue weighted by Gasteiger charge is -2.31. The van der Waals surface area contributed by atoms with Crippen LogP contribution in [-0.2, 0) is 10.0 Å². The van der Waals surface area contributed by atoms with Crippen LogP contribution in [0.2, 0.25) is 0 Å². The van der Waals surface area contributed by atoms with Gasteiger partial charge >= 0.3 is 0 Å². The average Bonchev–Trinajstić information content (AvgIpc) is 2.19. The fraction of sp³-hybridized carbons (Fsp3) is 1.00. The minimum atomic E-state index is -3.06. The number of nitrogens with one attached hydrogen (secondary N) is 1. The minimum absolute atomic E-state index is 0.101. The van der Waals surface area contributed by atoms with Gasteiger partial charge in [-0.1, -0.05) is 0 Å². The monoisotopic (exact) mass is 250 g/mol. The molecule has 96 valence electrons. The van der Waals surface area contributed by atoms with Gasteiger partial charge < -0.3 is 10.0 Å². The van der Waals surface area contributed by atoms with Gasteiger partial charge in [0.1, 0.15) is 0 Å². The molecule has 2 N–H and O–H groups in total. The number of likely N-dealkylation sites (tertiary alicyclic amines) is 1. The molecule has 0 aromatic carbocycles. The highest BCUT2D eigenvalue weighted by Crippen LogP contribution is 2.11. The topological polar surface area (TPSA) is 69.6 Å². The fourth-order valence-electron chi connectivity index (χ4n) is 2.02. The zero-order valence-corrected chi connectivity index (χ0v) is 10.7. The van der Waals surface area contributed by atoms with E-state index in [-0.39, 0.29) is 12.6 Å². The maximum atomic E-state index is 11.0. The highest BCUT2D eigenvalue weighted by atomic mass is 32.2. The molecule has 16 heavy (non-hydrogen) atoms. The lowest BCUT2D eigenvalue weighted by Crippen LogP contribution is -2.44. The number of rotatable bonds is 6. The Hall–Kier alpha value is -0.170. The standard InChI is InChI=1S/C10H22N2O3S/c1-16(14,15)11-10-4-7-12(8-5-10)6-2-3-9-13/h10-11,13H,2-9H2,1H3. The molecule has 0 aromatic rings. The van der Waals surface area contributed by atoms with E-state index in [1.54, 1.807) is 0 Å². The summed E-state index contributed by atoms with van der Waals surface area (Å²) in [6, 6.07) is 0.101. The molecule has 1 fully saturated rings. The van der Waals surface area contributed by atoms with Crippen molar-refractivity contribution in [1.29, 1.82) is 0 Å². The van der Waals surface area contributed by atoms with E-state index in [4.69, 9.17) is 5.11 Å². The molecule has 0 radical (unpaired) electrons. The molecule has 1 aliphatic rings. The molecule has 0 aromatic heterocycles. The zero-order chi connectivity index (χ0) is 12.0. The van der Waals surface area contributed by atoms with Gasteiger partial charge in [-0.15, -0.1) is 0 Å². The lowest BCUT2D eigenvalue weighted by molar-refractivity contribution is 0.195. The van der Waals surface area contributed by atoms with Gasteiger partial charge in [-0.3, -0.25) is 0 Å². The molecule has 6 heteroatoms. The first kappa shape index (κ1) is 13.9. The van der Waals surface area contributed by atoms with E-state index in [0.717, 1.165) is 45.3 Å². The quantitative estimate of drug-likeness (QED) is 0.639. The van der Waals surface area contributed by atoms with Gasteiger partial charge in [0.05, 0.1) is 6.26 Å². The Morgan fingerprint density at radius 2 is 1.94 bits per heavy atom. The van der Waals surface area contributed by atoms with Crippen molar-refractivity contribution in [3.8, 4) is 0 Å². The van der Waals surface area contributed by atoms with Crippen LogP contribution in [0.1, 0.15) is 25.7 Å². The van der Waals surface area contributed by atoms with Gasteiger partial charge in [0.25, 0.3) is 0 Å². The van der Waals surface area contributed by atoms with E-state index in [9.17, 15) is 8.42 Å². The molecule has 1 heterocycles. The molecule has 1 aliphatic heterocycles. The van der Waals surface area contributed by atoms with Crippen molar-refractivity contribution in [2.24, 2.45) is 0 Å². The number of aliphatic hydroxyl groups is 1. The molecule has 1 rings (SSSR count). The molecular weight excluding hydrogens is 228 g/mol. The predicted molar refractivity (Wildman–Crippen MR) is 63.8 cm³/mol. The van der Waals surface area contributed by atoms with E-state index >= 15 is 0 Å². The fourth-order valence-corrected chi connectivity index (χ4v) is 2.87. The first-order valence-electron chi connectivity index (χ1n) is 5.82. The van der Waals surface area contributed by atoms with Crippen LogP contribution in [0, 0.1) is 0 Å². The smallest absolute Gasteiger partial charge is 0.208 e. The number of piperidine rings is 1. The molecule has 0 spiro atoms. The van der Waals surface area contributed by atoms with E-state index in [1.807, 2.05) is 0 Å². The Morgan fingerprint density at radius 3 is 2.44 bits per heavy atom. The van der Waals surface area contributed by atoms with Crippen LogP contribution in [0.15, 0.2) is 0 Å². The highest BCUT2D eigenvalue weighted by molar-refractivity contribution is 7.88. The molecule has 0 atom stereocenters. The number of unbranched alkanes of at least 4 members (excludes halogenated alkanes) is 1. The maximum Gasteiger partial charge on any atom is 0.208 e. The van der Waals surface area contributed by atoms with Crippen molar-refractivity contribution in [1.82, 2.24) is 9.62 Å². The van der Waals surface area contributed by atoms with E-state index in [1.165, 1.54) is 6.26 Å². The van der Waals surface area contributed by atoms with Gasteiger partial charge in [-0.2, -0.15) is 0 Å². The number of nitrogens with zero attached hydrogens (tertiary/aromatic N) is 1. The molecule has 0 amide bonds. The Labute approximate surface area is 97.9 Å². The summed E-state index contributed by atoms with van der Waals surface area (Å²) in [6.45, 7) is 3.15. The van der Waals surface area contributed by atoms with Crippen LogP contribution in [-0.4, -0.2) is 57.0 Å². The van der Waals surface area contributed by atoms with Crippen LogP contribution < -0.4 is 4.72 Å². The summed E-state index contributed by atoms with van der Waals surface area (Å²) in [5.41, 5.74) is 0. The maximum absolute atomic E-state index is 11.0. The number of aliphatic hydroxyl groups excluding tert-OH is 1. The number of hydrogen-bond donors (Lipinski definition) is 2. The van der Waals surface area contributed by atoms with Gasteiger partial charge in [-0.25, -0.2) is 13.1 Å². The molecule has 1 saturated heterocycles. The summed E-state index contributed by atoms with van der Waals surface area (Å²) in [7, 11) is -3.06. The second-order valence-corrected chi connectivity index (χ2v) is 6.22. The van der Waals surface area contributed by atoms with Gasteiger partial charge in [-0.05, 0) is 45.3 Å². The molecular formula is C10H22N2O3S. The Morgan fingerprint density at radius 1 is 1.31 bits per heavy atom. The van der Waals surface area contributed by atoms with Crippen molar-refractivity contribution in [3.63, 3.8) is 0 Å². The van der Waals surface area contributed by atoms with Crippen molar-refractivity contribution in [3.05, 3.63) is 0 Å². The molecule has 0 bridgehead atoms. The van der Waals surface area contributed by atoms with Gasteiger partial charge in [0, 0.05) is 12.6 Å². The van der Waals surface area contributed by atoms with Gasteiger partial charge in [0.15, 0.2) is 0 Å². The number of hydrogen-bond acceptors (Lipinski definition) is 4. The second kappa shape index (κ2) is 6.54. The summed E-state index contributed by atoms with van der Waals surface area (Å²) in [5.74, 6) is 0. The normalized spacial score (nSPS) is 20.1. The van der Waals surface area contributed by atoms with Crippen LogP contribution >= 0.6 is 0 Å². The van der Waals surface area contributed by atoms with Crippen molar-refractivity contribution >= 4 is 10.0 Å². The van der Waals surface area contributed by atoms with Crippen LogP contribution in [0.4, 0.5) is 0 Å². The van der Waals surface area contributed by atoms with Crippen molar-refractivity contribution in [2.45, 2.75) is 31.7 Å². The third-order valence-electron chi connectivity index (χ3n) is 2.85. The zero-order valence-electron chi connectivity index (χ0n) is 9.85. The van der Waals surface area contributed by atoms with E-state index < -0.39 is 10.0 Å². The highest BCUT2D eigenvalue weighted by Gasteiger charge is 2.20. The summed E-state index contributed by atoms with van der Waals surface area (Å²) >= 11 is 0. The number of sulfonamides is 1. The predicted octanol–water partition coefficient (Wildman–Crippen LogP) is -0.227. The average molecular weight is 250 g/mol. The van der Waals surface area contributed by atoms with Crippen molar-refractivity contribution in [2.75, 3.05) is 32.5 Å². The SMILES string of the molecule is CS(=O)(=O)NC1CCN(CCCCO)CC1. The van der Waals surface area contributed by atoms with E-state index in [0.29, 0.717) is 0 Å². The molecule has 5 nitrogen and oxygen atoms in total. The summed E-state index contributed by atoms with van der Waals surface area (Å²) < 4.78 is 24.7. The largest absolute Gasteiger partial charge is 0.396 e. The second-order valence-electron chi connectivity index (χ2n) is 4.44. The third-order valence-corrected chi connectivity index (χ3v) is 3.61. The first-order chi connectivity index (χ1) is 7.51. The Bertz CT molecular complexity index is 284. The Kier molecular flexibility index (Phi) is 5.68. The van der Waals surface area contributed by atoms with E-state index in [2.05, 4.69) is 9.62 Å². The van der Waals surface area contributed by atoms with Crippen LogP contribution in [0.5, 0.6) is 0 Å². The van der Waals surface area contributed by atoms with Crippen LogP contribution in [0.25, 0.3) is 0 Å². The lowest BCUT2D eigenvalue weighted by atomic mass is 10.1. The third kappa shape index (κ3) is 5.79. The van der Waals surface area contributed by atoms with Gasteiger partial charge in [0.2, 0.25) is 10.0 Å². The summed E-state index contributed by atoms with van der Waals surface area (Å²) in [4.78, 5) is 2.33. The van der Waals surface area contributed by atoms with Crippen LogP contribution in [0.3, 0.4) is 0 Å². The molecule has 0 aliphatic carbocycles. The molecule has 0 saturated carbocycles. The summed E-state index contributed by atoms with van der Waals surface area (Å²) in [6.07, 6.45) is 4.83. The Balaban J connectivity index is 2.18. The molecule has 0 unspecified atom stereocenters. The van der Waals surface area contributed by atoms with Crippen molar-refractivity contribution < 1.29 is 13.5 Å². The summed E-state index contributed by atoms with van der Waals surface area (Å²) in [5, 5.41) is 8.67.